The SMILES string of the molecule is CC(C)(C)OC(=O)NC(C(=O)O)C1CC2CCC(C1)N2. The standard InChI is InChI=1S/C14H24N2O4/c1-14(2,3)20-13(19)16-11(12(17)18)8-6-9-4-5-10(7-8)15-9/h8-11,15H,4-7H2,1-3H3,(H,16,19)(H,17,18). The third-order valence-electron chi connectivity index (χ3n) is 3.92. The molecule has 20 heavy (non-hydrogen) atoms. The van der Waals surface area contributed by atoms with Crippen molar-refractivity contribution in [3.63, 3.8) is 0 Å². The van der Waals surface area contributed by atoms with E-state index >= 15 is 0 Å². The monoisotopic (exact) mass is 284 g/mol. The Bertz CT molecular complexity index is 379. The minimum absolute atomic E-state index is 0.0289. The highest BCUT2D eigenvalue weighted by Gasteiger charge is 2.40. The Morgan fingerprint density at radius 3 is 2.25 bits per heavy atom. The lowest BCUT2D eigenvalue weighted by molar-refractivity contribution is -0.141. The van der Waals surface area contributed by atoms with Gasteiger partial charge in [-0.3, -0.25) is 0 Å². The zero-order valence-corrected chi connectivity index (χ0v) is 12.3. The van der Waals surface area contributed by atoms with Crippen molar-refractivity contribution in [3.05, 3.63) is 0 Å². The van der Waals surface area contributed by atoms with Crippen molar-refractivity contribution in [2.75, 3.05) is 0 Å². The lowest BCUT2D eigenvalue weighted by atomic mass is 9.86. The van der Waals surface area contributed by atoms with Crippen LogP contribution in [0.5, 0.6) is 0 Å². The minimum atomic E-state index is -0.984. The number of nitrogens with one attached hydrogen (secondary N) is 2. The number of amides is 1. The van der Waals surface area contributed by atoms with Crippen molar-refractivity contribution in [2.45, 2.75) is 70.2 Å². The molecule has 6 nitrogen and oxygen atoms in total. The molecule has 6 heteroatoms. The number of rotatable bonds is 3. The van der Waals surface area contributed by atoms with Gasteiger partial charge in [0.05, 0.1) is 0 Å². The number of carboxylic acid groups (broad SMARTS) is 1. The van der Waals surface area contributed by atoms with E-state index in [2.05, 4.69) is 10.6 Å². The fourth-order valence-corrected chi connectivity index (χ4v) is 3.19. The van der Waals surface area contributed by atoms with E-state index in [1.165, 1.54) is 0 Å². The highest BCUT2D eigenvalue weighted by Crippen LogP contribution is 2.33. The topological polar surface area (TPSA) is 87.7 Å². The predicted molar refractivity (Wildman–Crippen MR) is 73.5 cm³/mol. The second-order valence-electron chi connectivity index (χ2n) is 6.83. The van der Waals surface area contributed by atoms with Crippen LogP contribution in [0.15, 0.2) is 0 Å². The first-order valence-corrected chi connectivity index (χ1v) is 7.23. The van der Waals surface area contributed by atoms with Gasteiger partial charge < -0.3 is 20.5 Å². The van der Waals surface area contributed by atoms with E-state index in [-0.39, 0.29) is 5.92 Å². The maximum Gasteiger partial charge on any atom is 0.408 e. The number of carbonyl (C=O) groups excluding carboxylic acids is 1. The zero-order valence-electron chi connectivity index (χ0n) is 12.3. The highest BCUT2D eigenvalue weighted by atomic mass is 16.6. The Balaban J connectivity index is 1.97. The molecule has 3 unspecified atom stereocenters. The van der Waals surface area contributed by atoms with Crippen LogP contribution in [0.1, 0.15) is 46.5 Å². The van der Waals surface area contributed by atoms with Crippen LogP contribution in [0.25, 0.3) is 0 Å². The van der Waals surface area contributed by atoms with Gasteiger partial charge in [-0.25, -0.2) is 9.59 Å². The van der Waals surface area contributed by atoms with Gasteiger partial charge in [-0.15, -0.1) is 0 Å². The average Bonchev–Trinajstić information content (AvgIpc) is 2.62. The number of piperidine rings is 1. The largest absolute Gasteiger partial charge is 0.480 e. The number of hydrogen-bond acceptors (Lipinski definition) is 4. The van der Waals surface area contributed by atoms with Crippen molar-refractivity contribution < 1.29 is 19.4 Å². The first-order valence-electron chi connectivity index (χ1n) is 7.23. The van der Waals surface area contributed by atoms with Crippen LogP contribution in [0.2, 0.25) is 0 Å². The van der Waals surface area contributed by atoms with Crippen molar-refractivity contribution in [1.29, 1.82) is 0 Å². The van der Waals surface area contributed by atoms with Crippen molar-refractivity contribution in [2.24, 2.45) is 5.92 Å². The normalized spacial score (nSPS) is 30.6. The van der Waals surface area contributed by atoms with Crippen LogP contribution in [-0.4, -0.2) is 40.9 Å². The summed E-state index contributed by atoms with van der Waals surface area (Å²) in [5.41, 5.74) is -0.625. The van der Waals surface area contributed by atoms with Gasteiger partial charge in [0.15, 0.2) is 0 Å². The molecule has 2 bridgehead atoms. The van der Waals surface area contributed by atoms with Crippen LogP contribution in [-0.2, 0) is 9.53 Å². The predicted octanol–water partition coefficient (Wildman–Crippen LogP) is 1.49. The molecule has 0 radical (unpaired) electrons. The summed E-state index contributed by atoms with van der Waals surface area (Å²) in [5.74, 6) is -1.01. The van der Waals surface area contributed by atoms with Gasteiger partial charge in [-0.05, 0) is 52.4 Å². The molecule has 0 aromatic heterocycles. The number of aliphatic carboxylic acids is 1. The molecule has 3 atom stereocenters. The summed E-state index contributed by atoms with van der Waals surface area (Å²) in [6.07, 6.45) is 3.13. The van der Waals surface area contributed by atoms with E-state index in [1.54, 1.807) is 20.8 Å². The summed E-state index contributed by atoms with van der Waals surface area (Å²) < 4.78 is 5.15. The Morgan fingerprint density at radius 2 is 1.80 bits per heavy atom. The number of alkyl carbamates (subject to hydrolysis) is 1. The highest BCUT2D eigenvalue weighted by molar-refractivity contribution is 5.80. The molecule has 2 saturated heterocycles. The molecule has 0 saturated carbocycles. The number of ether oxygens (including phenoxy) is 1. The maximum absolute atomic E-state index is 11.8. The second-order valence-corrected chi connectivity index (χ2v) is 6.83. The molecular weight excluding hydrogens is 260 g/mol. The molecule has 2 rings (SSSR count). The van der Waals surface area contributed by atoms with Crippen LogP contribution in [0.3, 0.4) is 0 Å². The zero-order chi connectivity index (χ0) is 14.9. The second kappa shape index (κ2) is 5.60. The van der Waals surface area contributed by atoms with Gasteiger partial charge in [0, 0.05) is 12.1 Å². The molecule has 0 aromatic carbocycles. The van der Waals surface area contributed by atoms with Crippen molar-refractivity contribution >= 4 is 12.1 Å². The molecule has 0 aliphatic carbocycles. The quantitative estimate of drug-likeness (QED) is 0.731. The molecule has 2 fully saturated rings. The fraction of sp³-hybridized carbons (Fsp3) is 0.857. The summed E-state index contributed by atoms with van der Waals surface area (Å²) >= 11 is 0. The number of carboxylic acids is 1. The van der Waals surface area contributed by atoms with Crippen LogP contribution in [0, 0.1) is 5.92 Å². The van der Waals surface area contributed by atoms with Gasteiger partial charge in [-0.2, -0.15) is 0 Å². The van der Waals surface area contributed by atoms with Gasteiger partial charge in [0.1, 0.15) is 11.6 Å². The lowest BCUT2D eigenvalue weighted by Gasteiger charge is -2.33. The summed E-state index contributed by atoms with van der Waals surface area (Å²) in [4.78, 5) is 23.2. The summed E-state index contributed by atoms with van der Waals surface area (Å²) in [6, 6.07) is -0.0860. The molecule has 114 valence electrons. The molecule has 2 aliphatic rings. The summed E-state index contributed by atoms with van der Waals surface area (Å²) in [7, 11) is 0. The van der Waals surface area contributed by atoms with Crippen molar-refractivity contribution in [3.8, 4) is 0 Å². The van der Waals surface area contributed by atoms with E-state index in [4.69, 9.17) is 4.74 Å². The minimum Gasteiger partial charge on any atom is -0.480 e. The Morgan fingerprint density at radius 1 is 1.25 bits per heavy atom. The van der Waals surface area contributed by atoms with E-state index < -0.39 is 23.7 Å². The number of hydrogen-bond donors (Lipinski definition) is 3. The first-order chi connectivity index (χ1) is 9.24. The van der Waals surface area contributed by atoms with Crippen LogP contribution >= 0.6 is 0 Å². The van der Waals surface area contributed by atoms with Crippen LogP contribution < -0.4 is 10.6 Å². The third-order valence-corrected chi connectivity index (χ3v) is 3.92. The maximum atomic E-state index is 11.8. The molecule has 3 N–H and O–H groups in total. The average molecular weight is 284 g/mol. The van der Waals surface area contributed by atoms with E-state index in [1.807, 2.05) is 0 Å². The Kier molecular flexibility index (Phi) is 4.22. The molecular formula is C14H24N2O4. The smallest absolute Gasteiger partial charge is 0.408 e. The van der Waals surface area contributed by atoms with Gasteiger partial charge >= 0.3 is 12.1 Å². The molecule has 0 spiro atoms. The van der Waals surface area contributed by atoms with E-state index in [0.717, 1.165) is 25.7 Å². The van der Waals surface area contributed by atoms with E-state index in [9.17, 15) is 14.7 Å². The molecule has 0 aromatic rings. The van der Waals surface area contributed by atoms with E-state index in [0.29, 0.717) is 12.1 Å². The summed E-state index contributed by atoms with van der Waals surface area (Å²) in [6.45, 7) is 5.27. The van der Waals surface area contributed by atoms with Gasteiger partial charge in [0.25, 0.3) is 0 Å². The van der Waals surface area contributed by atoms with Gasteiger partial charge in [-0.1, -0.05) is 0 Å². The Labute approximate surface area is 119 Å². The summed E-state index contributed by atoms with van der Waals surface area (Å²) in [5, 5.41) is 15.4. The molecule has 2 heterocycles. The first kappa shape index (κ1) is 15.1. The van der Waals surface area contributed by atoms with Gasteiger partial charge in [0.2, 0.25) is 0 Å². The molecule has 2 aliphatic heterocycles. The van der Waals surface area contributed by atoms with Crippen molar-refractivity contribution in [1.82, 2.24) is 10.6 Å². The number of fused-ring (bicyclic) bond motifs is 2. The van der Waals surface area contributed by atoms with Crippen LogP contribution in [0.4, 0.5) is 4.79 Å². The fourth-order valence-electron chi connectivity index (χ4n) is 3.19. The number of carbonyl (C=O) groups is 2. The molecule has 1 amide bonds. The lowest BCUT2D eigenvalue weighted by Crippen LogP contribution is -2.52. The third kappa shape index (κ3) is 3.85. The Hall–Kier alpha value is -1.30.